The van der Waals surface area contributed by atoms with Gasteiger partial charge in [0, 0.05) is 31.2 Å². The SMILES string of the molecule is O=C(OCC(=O)N1CCN(S(=O)(=O)c2ccccc2)CC1)c1ccc(Cl)cc1O. The van der Waals surface area contributed by atoms with Crippen LogP contribution >= 0.6 is 11.6 Å². The van der Waals surface area contributed by atoms with Crippen molar-refractivity contribution in [3.63, 3.8) is 0 Å². The van der Waals surface area contributed by atoms with E-state index in [1.165, 1.54) is 39.5 Å². The van der Waals surface area contributed by atoms with Crippen molar-refractivity contribution >= 4 is 33.5 Å². The van der Waals surface area contributed by atoms with Crippen LogP contribution in [0.15, 0.2) is 53.4 Å². The summed E-state index contributed by atoms with van der Waals surface area (Å²) in [5.41, 5.74) is -0.0963. The number of esters is 1. The molecule has 0 saturated carbocycles. The number of nitrogens with zero attached hydrogens (tertiary/aromatic N) is 2. The first-order valence-electron chi connectivity index (χ1n) is 8.77. The van der Waals surface area contributed by atoms with Gasteiger partial charge in [-0.2, -0.15) is 4.31 Å². The molecule has 2 aromatic carbocycles. The second-order valence-electron chi connectivity index (χ2n) is 6.34. The lowest BCUT2D eigenvalue weighted by atomic mass is 10.2. The number of halogens is 1. The number of hydrogen-bond donors (Lipinski definition) is 1. The molecule has 0 spiro atoms. The number of amides is 1. The summed E-state index contributed by atoms with van der Waals surface area (Å²) < 4.78 is 31.5. The van der Waals surface area contributed by atoms with Crippen molar-refractivity contribution in [1.29, 1.82) is 0 Å². The molecule has 0 aromatic heterocycles. The molecule has 0 atom stereocenters. The Labute approximate surface area is 173 Å². The minimum Gasteiger partial charge on any atom is -0.507 e. The summed E-state index contributed by atoms with van der Waals surface area (Å²) >= 11 is 5.71. The number of piperazine rings is 1. The fraction of sp³-hybridized carbons (Fsp3) is 0.263. The van der Waals surface area contributed by atoms with E-state index < -0.39 is 28.5 Å². The number of rotatable bonds is 5. The second-order valence-corrected chi connectivity index (χ2v) is 8.71. The number of aromatic hydroxyl groups is 1. The summed E-state index contributed by atoms with van der Waals surface area (Å²) in [6.45, 7) is 0.166. The summed E-state index contributed by atoms with van der Waals surface area (Å²) in [6, 6.07) is 12.0. The molecule has 1 N–H and O–H groups in total. The molecule has 1 saturated heterocycles. The number of phenols is 1. The molecule has 2 aromatic rings. The zero-order chi connectivity index (χ0) is 21.0. The number of sulfonamides is 1. The van der Waals surface area contributed by atoms with Crippen LogP contribution in [0, 0.1) is 0 Å². The van der Waals surface area contributed by atoms with Crippen molar-refractivity contribution in [2.45, 2.75) is 4.90 Å². The van der Waals surface area contributed by atoms with Crippen LogP contribution in [0.5, 0.6) is 5.75 Å². The lowest BCUT2D eigenvalue weighted by Crippen LogP contribution is -2.51. The van der Waals surface area contributed by atoms with E-state index in [2.05, 4.69) is 0 Å². The third-order valence-electron chi connectivity index (χ3n) is 4.48. The van der Waals surface area contributed by atoms with Gasteiger partial charge < -0.3 is 14.7 Å². The molecule has 8 nitrogen and oxygen atoms in total. The fourth-order valence-corrected chi connectivity index (χ4v) is 4.50. The monoisotopic (exact) mass is 438 g/mol. The topological polar surface area (TPSA) is 104 Å². The number of ether oxygens (including phenoxy) is 1. The quantitative estimate of drug-likeness (QED) is 0.713. The molecule has 154 valence electrons. The Kier molecular flexibility index (Phi) is 6.41. The predicted octanol–water partition coefficient (Wildman–Crippen LogP) is 1.74. The Bertz CT molecular complexity index is 1000. The zero-order valence-corrected chi connectivity index (χ0v) is 16.9. The molecule has 1 fully saturated rings. The van der Waals surface area contributed by atoms with Crippen LogP contribution in [0.25, 0.3) is 0 Å². The van der Waals surface area contributed by atoms with E-state index in [1.807, 2.05) is 0 Å². The maximum atomic E-state index is 12.6. The largest absolute Gasteiger partial charge is 0.507 e. The standard InChI is InChI=1S/C19H19ClN2O6S/c20-14-6-7-16(17(23)12-14)19(25)28-13-18(24)21-8-10-22(11-9-21)29(26,27)15-4-2-1-3-5-15/h1-7,12,23H,8-11,13H2. The Morgan fingerprint density at radius 1 is 1.03 bits per heavy atom. The number of carbonyl (C=O) groups excluding carboxylic acids is 2. The molecule has 0 unspecified atom stereocenters. The van der Waals surface area contributed by atoms with Gasteiger partial charge in [-0.05, 0) is 30.3 Å². The van der Waals surface area contributed by atoms with Crippen molar-refractivity contribution in [3.05, 3.63) is 59.1 Å². The van der Waals surface area contributed by atoms with Gasteiger partial charge in [-0.15, -0.1) is 0 Å². The Morgan fingerprint density at radius 3 is 2.31 bits per heavy atom. The van der Waals surface area contributed by atoms with Gasteiger partial charge in [0.15, 0.2) is 6.61 Å². The van der Waals surface area contributed by atoms with Crippen molar-refractivity contribution in [2.24, 2.45) is 0 Å². The lowest BCUT2D eigenvalue weighted by Gasteiger charge is -2.33. The Morgan fingerprint density at radius 2 is 1.69 bits per heavy atom. The van der Waals surface area contributed by atoms with Gasteiger partial charge in [0.05, 0.1) is 4.90 Å². The average molecular weight is 439 g/mol. The molecule has 1 heterocycles. The molecule has 0 bridgehead atoms. The van der Waals surface area contributed by atoms with Crippen molar-refractivity contribution in [2.75, 3.05) is 32.8 Å². The summed E-state index contributed by atoms with van der Waals surface area (Å²) in [6.07, 6.45) is 0. The van der Waals surface area contributed by atoms with Gasteiger partial charge in [0.25, 0.3) is 5.91 Å². The molecule has 29 heavy (non-hydrogen) atoms. The number of carbonyl (C=O) groups is 2. The normalized spacial score (nSPS) is 15.1. The van der Waals surface area contributed by atoms with Crippen LogP contribution in [0.3, 0.4) is 0 Å². The number of benzene rings is 2. The van der Waals surface area contributed by atoms with Gasteiger partial charge in [-0.3, -0.25) is 4.79 Å². The predicted molar refractivity (Wildman–Crippen MR) is 105 cm³/mol. The Hall–Kier alpha value is -2.62. The minimum absolute atomic E-state index is 0.0963. The highest BCUT2D eigenvalue weighted by Gasteiger charge is 2.30. The molecule has 10 heteroatoms. The van der Waals surface area contributed by atoms with Crippen LogP contribution in [-0.4, -0.2) is 67.4 Å². The van der Waals surface area contributed by atoms with Crippen molar-refractivity contribution in [1.82, 2.24) is 9.21 Å². The van der Waals surface area contributed by atoms with Gasteiger partial charge in [-0.25, -0.2) is 13.2 Å². The molecule has 0 aliphatic carbocycles. The highest BCUT2D eigenvalue weighted by molar-refractivity contribution is 7.89. The van der Waals surface area contributed by atoms with Gasteiger partial charge in [0.1, 0.15) is 11.3 Å². The zero-order valence-electron chi connectivity index (χ0n) is 15.3. The first kappa shape index (κ1) is 21.1. The molecular weight excluding hydrogens is 420 g/mol. The lowest BCUT2D eigenvalue weighted by molar-refractivity contribution is -0.135. The van der Waals surface area contributed by atoms with Gasteiger partial charge >= 0.3 is 5.97 Å². The molecule has 3 rings (SSSR count). The van der Waals surface area contributed by atoms with E-state index >= 15 is 0 Å². The van der Waals surface area contributed by atoms with Crippen LogP contribution in [0.2, 0.25) is 5.02 Å². The third kappa shape index (κ3) is 4.87. The van der Waals surface area contributed by atoms with Crippen LogP contribution in [0.1, 0.15) is 10.4 Å². The van der Waals surface area contributed by atoms with Crippen molar-refractivity contribution < 1.29 is 27.9 Å². The molecular formula is C19H19ClN2O6S. The van der Waals surface area contributed by atoms with E-state index in [9.17, 15) is 23.1 Å². The minimum atomic E-state index is -3.61. The number of hydrogen-bond acceptors (Lipinski definition) is 6. The van der Waals surface area contributed by atoms with E-state index in [0.29, 0.717) is 0 Å². The first-order valence-corrected chi connectivity index (χ1v) is 10.6. The van der Waals surface area contributed by atoms with Gasteiger partial charge in [-0.1, -0.05) is 29.8 Å². The third-order valence-corrected chi connectivity index (χ3v) is 6.63. The van der Waals surface area contributed by atoms with E-state index in [-0.39, 0.29) is 47.4 Å². The van der Waals surface area contributed by atoms with Crippen LogP contribution in [-0.2, 0) is 19.6 Å². The summed E-state index contributed by atoms with van der Waals surface area (Å²) in [4.78, 5) is 26.0. The van der Waals surface area contributed by atoms with Crippen LogP contribution < -0.4 is 0 Å². The molecule has 1 aliphatic heterocycles. The number of phenolic OH excluding ortho intramolecular Hbond substituents is 1. The van der Waals surface area contributed by atoms with E-state index in [1.54, 1.807) is 18.2 Å². The molecule has 0 radical (unpaired) electrons. The van der Waals surface area contributed by atoms with Gasteiger partial charge in [0.2, 0.25) is 10.0 Å². The highest BCUT2D eigenvalue weighted by atomic mass is 35.5. The van der Waals surface area contributed by atoms with E-state index in [4.69, 9.17) is 16.3 Å². The smallest absolute Gasteiger partial charge is 0.342 e. The summed E-state index contributed by atoms with van der Waals surface area (Å²) in [5, 5.41) is 9.99. The average Bonchev–Trinajstić information content (AvgIpc) is 2.72. The fourth-order valence-electron chi connectivity index (χ4n) is 2.89. The maximum Gasteiger partial charge on any atom is 0.342 e. The van der Waals surface area contributed by atoms with Crippen LogP contribution in [0.4, 0.5) is 0 Å². The summed E-state index contributed by atoms with van der Waals surface area (Å²) in [5.74, 6) is -1.63. The maximum absolute atomic E-state index is 12.6. The van der Waals surface area contributed by atoms with E-state index in [0.717, 1.165) is 0 Å². The van der Waals surface area contributed by atoms with Crippen molar-refractivity contribution in [3.8, 4) is 5.75 Å². The first-order chi connectivity index (χ1) is 13.8. The molecule has 1 aliphatic rings. The molecule has 1 amide bonds. The summed E-state index contributed by atoms with van der Waals surface area (Å²) in [7, 11) is -3.61. The second kappa shape index (κ2) is 8.81. The Balaban J connectivity index is 1.53. The highest BCUT2D eigenvalue weighted by Crippen LogP contribution is 2.22.